The van der Waals surface area contributed by atoms with E-state index in [-0.39, 0.29) is 22.9 Å². The summed E-state index contributed by atoms with van der Waals surface area (Å²) in [5, 5.41) is 34.1. The molecule has 0 aliphatic carbocycles. The Balaban J connectivity index is 1.59. The number of aromatic nitrogens is 4. The van der Waals surface area contributed by atoms with E-state index >= 15 is 0 Å². The number of aliphatic hydroxyl groups excluding tert-OH is 3. The molecular weight excluding hydrogens is 430 g/mol. The number of methoxy groups -OCH3 is 1. The fraction of sp³-hybridized carbons (Fsp3) is 0.333. The molecule has 1 fully saturated rings. The maximum atomic E-state index is 10.3. The first-order valence-electron chi connectivity index (χ1n) is 9.18. The van der Waals surface area contributed by atoms with Gasteiger partial charge in [-0.2, -0.15) is 15.1 Å². The van der Waals surface area contributed by atoms with Crippen molar-refractivity contribution >= 4 is 40.7 Å². The second-order valence-corrected chi connectivity index (χ2v) is 7.16. The summed E-state index contributed by atoms with van der Waals surface area (Å²) in [5.41, 5.74) is 9.91. The number of nitrogens with two attached hydrogens (primary N) is 1. The molecule has 4 atom stereocenters. The molecule has 0 unspecified atom stereocenters. The highest BCUT2D eigenvalue weighted by Gasteiger charge is 2.44. The Hall–Kier alpha value is -3.03. The van der Waals surface area contributed by atoms with E-state index < -0.39 is 31.1 Å². The number of hydrazone groups is 1. The Morgan fingerprint density at radius 2 is 2.16 bits per heavy atom. The van der Waals surface area contributed by atoms with Gasteiger partial charge in [-0.3, -0.25) is 4.57 Å². The van der Waals surface area contributed by atoms with Crippen molar-refractivity contribution < 1.29 is 24.8 Å². The summed E-state index contributed by atoms with van der Waals surface area (Å²) in [6.07, 6.45) is -1.62. The number of ether oxygens (including phenoxy) is 2. The van der Waals surface area contributed by atoms with Crippen LogP contribution >= 0.6 is 11.6 Å². The van der Waals surface area contributed by atoms with E-state index in [1.807, 2.05) is 0 Å². The maximum Gasteiger partial charge on any atom is 0.247 e. The minimum Gasteiger partial charge on any atom is -0.495 e. The van der Waals surface area contributed by atoms with Gasteiger partial charge < -0.3 is 30.5 Å². The number of fused-ring (bicyclic) bond motifs is 1. The molecule has 6 N–H and O–H groups in total. The summed E-state index contributed by atoms with van der Waals surface area (Å²) in [4.78, 5) is 12.6. The van der Waals surface area contributed by atoms with Crippen molar-refractivity contribution in [3.8, 4) is 5.75 Å². The molecule has 1 aromatic carbocycles. The predicted molar refractivity (Wildman–Crippen MR) is 112 cm³/mol. The smallest absolute Gasteiger partial charge is 0.247 e. The quantitative estimate of drug-likeness (QED) is 0.257. The lowest BCUT2D eigenvalue weighted by Gasteiger charge is -2.16. The van der Waals surface area contributed by atoms with Crippen molar-refractivity contribution in [1.29, 1.82) is 0 Å². The van der Waals surface area contributed by atoms with Crippen molar-refractivity contribution in [2.24, 2.45) is 5.10 Å². The number of aliphatic hydroxyl groups is 3. The van der Waals surface area contributed by atoms with Crippen LogP contribution in [-0.2, 0) is 4.74 Å². The van der Waals surface area contributed by atoms with Gasteiger partial charge in [0.05, 0.1) is 31.3 Å². The van der Waals surface area contributed by atoms with Crippen LogP contribution in [0.25, 0.3) is 11.2 Å². The lowest BCUT2D eigenvalue weighted by atomic mass is 10.1. The Morgan fingerprint density at radius 1 is 1.35 bits per heavy atom. The van der Waals surface area contributed by atoms with Crippen LogP contribution < -0.4 is 15.9 Å². The molecule has 31 heavy (non-hydrogen) atoms. The normalized spacial score (nSPS) is 23.6. The van der Waals surface area contributed by atoms with Gasteiger partial charge >= 0.3 is 0 Å². The first kappa shape index (κ1) is 21.2. The van der Waals surface area contributed by atoms with Crippen LogP contribution in [0, 0.1) is 0 Å². The van der Waals surface area contributed by atoms with E-state index in [1.54, 1.807) is 18.2 Å². The number of nitrogens with zero attached hydrogens (tertiary/aromatic N) is 5. The monoisotopic (exact) mass is 449 g/mol. The van der Waals surface area contributed by atoms with Crippen LogP contribution in [0.1, 0.15) is 11.8 Å². The Kier molecular flexibility index (Phi) is 5.89. The highest BCUT2D eigenvalue weighted by atomic mass is 35.5. The molecule has 0 bridgehead atoms. The third kappa shape index (κ3) is 3.98. The molecule has 12 nitrogen and oxygen atoms in total. The maximum absolute atomic E-state index is 10.3. The van der Waals surface area contributed by atoms with E-state index in [9.17, 15) is 15.3 Å². The molecule has 2 aromatic heterocycles. The number of anilines is 2. The van der Waals surface area contributed by atoms with E-state index in [4.69, 9.17) is 26.8 Å². The zero-order valence-electron chi connectivity index (χ0n) is 16.3. The van der Waals surface area contributed by atoms with Crippen molar-refractivity contribution in [2.45, 2.75) is 24.5 Å². The third-order valence-electron chi connectivity index (χ3n) is 4.79. The Labute approximate surface area is 180 Å². The summed E-state index contributed by atoms with van der Waals surface area (Å²) in [5.74, 6) is 0.710. The molecule has 13 heteroatoms. The highest BCUT2D eigenvalue weighted by Crippen LogP contribution is 2.32. The van der Waals surface area contributed by atoms with E-state index in [0.29, 0.717) is 16.3 Å². The van der Waals surface area contributed by atoms with Crippen LogP contribution in [0.15, 0.2) is 29.6 Å². The van der Waals surface area contributed by atoms with Crippen molar-refractivity contribution in [2.75, 3.05) is 24.9 Å². The SMILES string of the molecule is COc1ccc(/C=N/Nc2nc(N)c3ncn([C@@H]4O[C@H](CO)[C@@H](O)[C@H]4O)c3n2)cc1Cl. The zero-order chi connectivity index (χ0) is 22.1. The second-order valence-electron chi connectivity index (χ2n) is 6.75. The number of hydrogen-bond acceptors (Lipinski definition) is 11. The van der Waals surface area contributed by atoms with Crippen molar-refractivity contribution in [1.82, 2.24) is 19.5 Å². The number of benzene rings is 1. The summed E-state index contributed by atoms with van der Waals surface area (Å²) in [6.45, 7) is -0.449. The summed E-state index contributed by atoms with van der Waals surface area (Å²) >= 11 is 6.10. The molecule has 4 rings (SSSR count). The number of nitrogen functional groups attached to an aromatic ring is 1. The van der Waals surface area contributed by atoms with Gasteiger partial charge in [-0.15, -0.1) is 0 Å². The molecular formula is C18H20ClN7O5. The average molecular weight is 450 g/mol. The number of nitrogens with one attached hydrogen (secondary N) is 1. The zero-order valence-corrected chi connectivity index (χ0v) is 17.0. The summed E-state index contributed by atoms with van der Waals surface area (Å²) < 4.78 is 12.1. The van der Waals surface area contributed by atoms with Gasteiger partial charge in [0.15, 0.2) is 17.7 Å². The number of imidazole rings is 1. The molecule has 1 saturated heterocycles. The minimum atomic E-state index is -1.29. The average Bonchev–Trinajstić information content (AvgIpc) is 3.29. The summed E-state index contributed by atoms with van der Waals surface area (Å²) in [6, 6.07) is 5.16. The topological polar surface area (TPSA) is 173 Å². The van der Waals surface area contributed by atoms with Gasteiger partial charge in [-0.1, -0.05) is 11.6 Å². The fourth-order valence-electron chi connectivity index (χ4n) is 3.21. The van der Waals surface area contributed by atoms with E-state index in [0.717, 1.165) is 0 Å². The number of hydrogen-bond donors (Lipinski definition) is 5. The lowest BCUT2D eigenvalue weighted by molar-refractivity contribution is -0.0511. The van der Waals surface area contributed by atoms with E-state index in [2.05, 4.69) is 25.5 Å². The number of rotatable bonds is 6. The molecule has 0 amide bonds. The Morgan fingerprint density at radius 3 is 2.84 bits per heavy atom. The number of halogens is 1. The molecule has 164 valence electrons. The van der Waals surface area contributed by atoms with Gasteiger partial charge in [0.1, 0.15) is 29.6 Å². The van der Waals surface area contributed by atoms with Crippen LogP contribution in [0.4, 0.5) is 11.8 Å². The van der Waals surface area contributed by atoms with Gasteiger partial charge in [0.2, 0.25) is 5.95 Å². The highest BCUT2D eigenvalue weighted by molar-refractivity contribution is 6.32. The largest absolute Gasteiger partial charge is 0.495 e. The molecule has 0 spiro atoms. The van der Waals surface area contributed by atoms with Crippen LogP contribution in [0.3, 0.4) is 0 Å². The molecule has 1 aliphatic heterocycles. The lowest BCUT2D eigenvalue weighted by Crippen LogP contribution is -2.33. The Bertz CT molecular complexity index is 1120. The van der Waals surface area contributed by atoms with Crippen molar-refractivity contribution in [3.05, 3.63) is 35.1 Å². The molecule has 3 heterocycles. The van der Waals surface area contributed by atoms with Crippen molar-refractivity contribution in [3.63, 3.8) is 0 Å². The standard InChI is InChI=1S/C18H20ClN7O5/c1-30-10-3-2-8(4-9(10)19)5-22-25-18-23-15(20)12-16(24-18)26(7-21-12)17-14(29)13(28)11(6-27)31-17/h2-5,7,11,13-14,17,27-29H,6H2,1H3,(H3,20,23,24,25)/b22-5+/t11-,13-,14-,17-/m1/s1. The second kappa shape index (κ2) is 8.61. The molecule has 3 aromatic rings. The first-order valence-corrected chi connectivity index (χ1v) is 9.56. The van der Waals surface area contributed by atoms with Crippen LogP contribution in [-0.4, -0.2) is 73.1 Å². The third-order valence-corrected chi connectivity index (χ3v) is 5.09. The molecule has 0 saturated carbocycles. The minimum absolute atomic E-state index is 0.0781. The van der Waals surface area contributed by atoms with Crippen LogP contribution in [0.2, 0.25) is 5.02 Å². The predicted octanol–water partition coefficient (Wildman–Crippen LogP) is 0.128. The van der Waals surface area contributed by atoms with Gasteiger partial charge in [-0.25, -0.2) is 10.4 Å². The van der Waals surface area contributed by atoms with E-state index in [1.165, 1.54) is 24.2 Å². The van der Waals surface area contributed by atoms with Gasteiger partial charge in [-0.05, 0) is 23.8 Å². The van der Waals surface area contributed by atoms with Gasteiger partial charge in [0, 0.05) is 0 Å². The first-order chi connectivity index (χ1) is 14.9. The molecule has 0 radical (unpaired) electrons. The summed E-state index contributed by atoms with van der Waals surface area (Å²) in [7, 11) is 1.53. The molecule has 1 aliphatic rings. The van der Waals surface area contributed by atoms with Gasteiger partial charge in [0.25, 0.3) is 0 Å². The fourth-order valence-corrected chi connectivity index (χ4v) is 3.48. The van der Waals surface area contributed by atoms with Crippen LogP contribution in [0.5, 0.6) is 5.75 Å².